The van der Waals surface area contributed by atoms with Gasteiger partial charge in [-0.3, -0.25) is 4.79 Å². The molecule has 0 bridgehead atoms. The van der Waals surface area contributed by atoms with Crippen LogP contribution in [0.25, 0.3) is 11.0 Å². The lowest BCUT2D eigenvalue weighted by Crippen LogP contribution is -2.28. The number of fused-ring (bicyclic) bond motifs is 1. The molecule has 1 unspecified atom stereocenters. The zero-order valence-electron chi connectivity index (χ0n) is 16.9. The van der Waals surface area contributed by atoms with Crippen molar-refractivity contribution in [1.82, 2.24) is 14.9 Å². The van der Waals surface area contributed by atoms with E-state index in [1.165, 1.54) is 19.3 Å². The average Bonchev–Trinajstić information content (AvgIpc) is 3.10. The zero-order valence-corrected chi connectivity index (χ0v) is 16.9. The molecule has 5 heteroatoms. The predicted molar refractivity (Wildman–Crippen MR) is 113 cm³/mol. The van der Waals surface area contributed by atoms with Gasteiger partial charge in [0.05, 0.1) is 24.2 Å². The van der Waals surface area contributed by atoms with Gasteiger partial charge in [-0.25, -0.2) is 4.98 Å². The Balaban J connectivity index is 1.81. The Labute approximate surface area is 166 Å². The molecule has 0 fully saturated rings. The van der Waals surface area contributed by atoms with Crippen LogP contribution in [-0.4, -0.2) is 22.6 Å². The molecule has 3 aromatic rings. The molecular weight excluding hydrogens is 350 g/mol. The molecule has 0 radical (unpaired) electrons. The van der Waals surface area contributed by atoms with E-state index >= 15 is 0 Å². The Morgan fingerprint density at radius 3 is 2.75 bits per heavy atom. The third-order valence-electron chi connectivity index (χ3n) is 4.99. The van der Waals surface area contributed by atoms with Crippen LogP contribution >= 0.6 is 0 Å². The molecule has 2 aromatic carbocycles. The number of carbonyl (C=O) groups is 1. The Bertz CT molecular complexity index is 932. The van der Waals surface area contributed by atoms with Crippen LogP contribution in [0.4, 0.5) is 0 Å². The van der Waals surface area contributed by atoms with Crippen LogP contribution in [0.15, 0.2) is 48.5 Å². The summed E-state index contributed by atoms with van der Waals surface area (Å²) in [6, 6.07) is 15.2. The Morgan fingerprint density at radius 2 is 1.96 bits per heavy atom. The Morgan fingerprint density at radius 1 is 1.14 bits per heavy atom. The largest absolute Gasteiger partial charge is 0.497 e. The van der Waals surface area contributed by atoms with Crippen LogP contribution in [0.2, 0.25) is 0 Å². The van der Waals surface area contributed by atoms with Crippen LogP contribution in [0.1, 0.15) is 61.8 Å². The van der Waals surface area contributed by atoms with Crippen molar-refractivity contribution in [2.45, 2.75) is 52.1 Å². The quantitative estimate of drug-likeness (QED) is 0.525. The Hall–Kier alpha value is -2.82. The molecule has 0 aliphatic rings. The number of benzene rings is 2. The topological polar surface area (TPSA) is 56.2 Å². The summed E-state index contributed by atoms with van der Waals surface area (Å²) in [5, 5.41) is 3.09. The van der Waals surface area contributed by atoms with Crippen LogP contribution in [0.5, 0.6) is 5.75 Å². The fourth-order valence-corrected chi connectivity index (χ4v) is 3.47. The first-order valence-corrected chi connectivity index (χ1v) is 10.0. The molecule has 5 nitrogen and oxygen atoms in total. The molecule has 1 amide bonds. The first-order chi connectivity index (χ1) is 13.6. The third-order valence-corrected chi connectivity index (χ3v) is 4.99. The lowest BCUT2D eigenvalue weighted by molar-refractivity contribution is 0.0937. The fourth-order valence-electron chi connectivity index (χ4n) is 3.47. The highest BCUT2D eigenvalue weighted by molar-refractivity contribution is 5.94. The minimum Gasteiger partial charge on any atom is -0.497 e. The highest BCUT2D eigenvalue weighted by Gasteiger charge is 2.19. The van der Waals surface area contributed by atoms with Crippen molar-refractivity contribution in [3.05, 3.63) is 59.9 Å². The van der Waals surface area contributed by atoms with Gasteiger partial charge in [-0.2, -0.15) is 0 Å². The number of amides is 1. The molecule has 0 spiro atoms. The van der Waals surface area contributed by atoms with Crippen molar-refractivity contribution in [2.75, 3.05) is 7.11 Å². The van der Waals surface area contributed by atoms with E-state index in [-0.39, 0.29) is 11.9 Å². The van der Waals surface area contributed by atoms with Gasteiger partial charge in [0.1, 0.15) is 11.6 Å². The van der Waals surface area contributed by atoms with E-state index in [9.17, 15) is 4.79 Å². The first kappa shape index (κ1) is 19.9. The number of nitrogens with zero attached hydrogens (tertiary/aromatic N) is 2. The highest BCUT2D eigenvalue weighted by atomic mass is 16.5. The number of para-hydroxylation sites is 2. The van der Waals surface area contributed by atoms with E-state index in [2.05, 4.69) is 22.9 Å². The molecular formula is C23H29N3O2. The summed E-state index contributed by atoms with van der Waals surface area (Å²) in [4.78, 5) is 17.5. The maximum absolute atomic E-state index is 12.7. The van der Waals surface area contributed by atoms with Gasteiger partial charge in [-0.1, -0.05) is 44.4 Å². The maximum Gasteiger partial charge on any atom is 0.251 e. The number of carbonyl (C=O) groups excluding carboxylic acids is 1. The summed E-state index contributed by atoms with van der Waals surface area (Å²) in [5.41, 5.74) is 2.67. The van der Waals surface area contributed by atoms with E-state index < -0.39 is 0 Å². The van der Waals surface area contributed by atoms with Crippen LogP contribution in [0.3, 0.4) is 0 Å². The van der Waals surface area contributed by atoms with Crippen molar-refractivity contribution in [1.29, 1.82) is 0 Å². The van der Waals surface area contributed by atoms with Gasteiger partial charge in [0, 0.05) is 12.1 Å². The summed E-state index contributed by atoms with van der Waals surface area (Å²) >= 11 is 0. The second-order valence-corrected chi connectivity index (χ2v) is 7.10. The molecule has 1 heterocycles. The zero-order chi connectivity index (χ0) is 19.9. The standard InChI is InChI=1S/C23H29N3O2/c1-4-5-6-9-15-26-21-14-8-7-13-20(21)25-22(26)17(2)24-23(27)18-11-10-12-19(16-18)28-3/h7-8,10-14,16-17H,4-6,9,15H2,1-3H3,(H,24,27). The second-order valence-electron chi connectivity index (χ2n) is 7.10. The highest BCUT2D eigenvalue weighted by Crippen LogP contribution is 2.22. The van der Waals surface area contributed by atoms with Crippen molar-refractivity contribution in [3.63, 3.8) is 0 Å². The number of hydrogen-bond donors (Lipinski definition) is 1. The summed E-state index contributed by atoms with van der Waals surface area (Å²) in [6.45, 7) is 5.12. The first-order valence-electron chi connectivity index (χ1n) is 10.0. The monoisotopic (exact) mass is 379 g/mol. The molecule has 1 N–H and O–H groups in total. The van der Waals surface area contributed by atoms with E-state index in [4.69, 9.17) is 9.72 Å². The molecule has 28 heavy (non-hydrogen) atoms. The second kappa shape index (κ2) is 9.40. The normalized spacial score (nSPS) is 12.1. The molecule has 3 rings (SSSR count). The molecule has 0 aliphatic heterocycles. The minimum absolute atomic E-state index is 0.129. The van der Waals surface area contributed by atoms with Crippen molar-refractivity contribution >= 4 is 16.9 Å². The third kappa shape index (κ3) is 4.53. The van der Waals surface area contributed by atoms with Crippen LogP contribution in [-0.2, 0) is 6.54 Å². The van der Waals surface area contributed by atoms with Gasteiger partial charge in [0.25, 0.3) is 5.91 Å². The van der Waals surface area contributed by atoms with E-state index in [0.717, 1.165) is 29.8 Å². The van der Waals surface area contributed by atoms with Crippen molar-refractivity contribution in [2.24, 2.45) is 0 Å². The SMILES string of the molecule is CCCCCCn1c(C(C)NC(=O)c2cccc(OC)c2)nc2ccccc21. The molecule has 0 aliphatic carbocycles. The van der Waals surface area contributed by atoms with E-state index in [1.807, 2.05) is 37.3 Å². The predicted octanol–water partition coefficient (Wildman–Crippen LogP) is 5.12. The summed E-state index contributed by atoms with van der Waals surface area (Å²) in [7, 11) is 1.60. The van der Waals surface area contributed by atoms with Gasteiger partial charge in [-0.15, -0.1) is 0 Å². The minimum atomic E-state index is -0.197. The van der Waals surface area contributed by atoms with Crippen molar-refractivity contribution in [3.8, 4) is 5.75 Å². The number of imidazole rings is 1. The number of hydrogen-bond acceptors (Lipinski definition) is 3. The molecule has 0 saturated carbocycles. The van der Waals surface area contributed by atoms with E-state index in [1.54, 1.807) is 19.2 Å². The van der Waals surface area contributed by atoms with Crippen molar-refractivity contribution < 1.29 is 9.53 Å². The molecule has 148 valence electrons. The van der Waals surface area contributed by atoms with Gasteiger partial charge < -0.3 is 14.6 Å². The van der Waals surface area contributed by atoms with Crippen LogP contribution in [0, 0.1) is 0 Å². The lowest BCUT2D eigenvalue weighted by atomic mass is 10.2. The number of aryl methyl sites for hydroxylation is 1. The van der Waals surface area contributed by atoms with Gasteiger partial charge in [0.2, 0.25) is 0 Å². The number of rotatable bonds is 9. The summed E-state index contributed by atoms with van der Waals surface area (Å²) < 4.78 is 7.47. The number of ether oxygens (including phenoxy) is 1. The average molecular weight is 380 g/mol. The maximum atomic E-state index is 12.7. The van der Waals surface area contributed by atoms with Crippen LogP contribution < -0.4 is 10.1 Å². The molecule has 0 saturated heterocycles. The molecule has 1 atom stereocenters. The Kier molecular flexibility index (Phi) is 6.69. The number of nitrogens with one attached hydrogen (secondary N) is 1. The summed E-state index contributed by atoms with van der Waals surface area (Å²) in [5.74, 6) is 1.44. The van der Waals surface area contributed by atoms with Gasteiger partial charge in [-0.05, 0) is 43.7 Å². The van der Waals surface area contributed by atoms with E-state index in [0.29, 0.717) is 11.3 Å². The van der Waals surface area contributed by atoms with Gasteiger partial charge in [0.15, 0.2) is 0 Å². The molecule has 1 aromatic heterocycles. The summed E-state index contributed by atoms with van der Waals surface area (Å²) in [6.07, 6.45) is 4.76. The number of unbranched alkanes of at least 4 members (excludes halogenated alkanes) is 3. The number of methoxy groups -OCH3 is 1. The fraction of sp³-hybridized carbons (Fsp3) is 0.391. The number of aromatic nitrogens is 2. The smallest absolute Gasteiger partial charge is 0.251 e. The lowest BCUT2D eigenvalue weighted by Gasteiger charge is -2.17. The van der Waals surface area contributed by atoms with Gasteiger partial charge >= 0.3 is 0 Å².